The van der Waals surface area contributed by atoms with E-state index in [9.17, 15) is 9.90 Å². The molecule has 0 radical (unpaired) electrons. The lowest BCUT2D eigenvalue weighted by Crippen LogP contribution is -2.48. The third-order valence-electron chi connectivity index (χ3n) is 4.58. The maximum Gasteiger partial charge on any atom is 0.257 e. The van der Waals surface area contributed by atoms with Gasteiger partial charge >= 0.3 is 0 Å². The highest BCUT2D eigenvalue weighted by molar-refractivity contribution is 5.94. The number of methoxy groups -OCH3 is 1. The van der Waals surface area contributed by atoms with Crippen LogP contribution in [0, 0.1) is 0 Å². The van der Waals surface area contributed by atoms with Gasteiger partial charge in [0, 0.05) is 12.7 Å². The number of aromatic amines is 1. The smallest absolute Gasteiger partial charge is 0.257 e. The van der Waals surface area contributed by atoms with Gasteiger partial charge in [0.15, 0.2) is 0 Å². The molecule has 1 aliphatic rings. The second-order valence-electron chi connectivity index (χ2n) is 6.02. The van der Waals surface area contributed by atoms with Crippen molar-refractivity contribution in [2.24, 2.45) is 0 Å². The van der Waals surface area contributed by atoms with Crippen molar-refractivity contribution >= 4 is 5.91 Å². The summed E-state index contributed by atoms with van der Waals surface area (Å²) in [5.74, 6) is 0.636. The average molecular weight is 315 g/mol. The van der Waals surface area contributed by atoms with Crippen molar-refractivity contribution in [1.82, 2.24) is 15.1 Å². The standard InChI is InChI=1S/C17H21N3O3/c1-17(22,13-5-7-14(23-2)8-6-13)15-4-3-9-20(15)16(21)12-10-18-19-11-12/h5-8,10-11,15,22H,3-4,9H2,1-2H3,(H,18,19)/t15-,17+/m0/s1. The second kappa shape index (κ2) is 6.04. The summed E-state index contributed by atoms with van der Waals surface area (Å²) >= 11 is 0. The number of hydrogen-bond acceptors (Lipinski definition) is 4. The van der Waals surface area contributed by atoms with E-state index in [-0.39, 0.29) is 11.9 Å². The molecule has 3 rings (SSSR count). The minimum atomic E-state index is -1.12. The largest absolute Gasteiger partial charge is 0.497 e. The van der Waals surface area contributed by atoms with Crippen molar-refractivity contribution in [1.29, 1.82) is 0 Å². The van der Waals surface area contributed by atoms with Gasteiger partial charge < -0.3 is 14.7 Å². The molecule has 0 bridgehead atoms. The number of benzene rings is 1. The minimum absolute atomic E-state index is 0.102. The van der Waals surface area contributed by atoms with Gasteiger partial charge in [0.2, 0.25) is 0 Å². The Morgan fingerprint density at radius 3 is 2.78 bits per heavy atom. The highest BCUT2D eigenvalue weighted by Gasteiger charge is 2.42. The fraction of sp³-hybridized carbons (Fsp3) is 0.412. The Hall–Kier alpha value is -2.34. The summed E-state index contributed by atoms with van der Waals surface area (Å²) in [6.07, 6.45) is 4.74. The predicted octanol–water partition coefficient (Wildman–Crippen LogP) is 1.93. The lowest BCUT2D eigenvalue weighted by molar-refractivity contribution is -0.0177. The molecular formula is C17H21N3O3. The number of aliphatic hydroxyl groups is 1. The number of carbonyl (C=O) groups excluding carboxylic acids is 1. The van der Waals surface area contributed by atoms with Gasteiger partial charge in [-0.25, -0.2) is 0 Å². The van der Waals surface area contributed by atoms with Crippen LogP contribution in [0.25, 0.3) is 0 Å². The first-order valence-electron chi connectivity index (χ1n) is 7.70. The molecule has 1 fully saturated rings. The van der Waals surface area contributed by atoms with Crippen molar-refractivity contribution in [3.63, 3.8) is 0 Å². The van der Waals surface area contributed by atoms with Gasteiger partial charge in [-0.3, -0.25) is 9.89 Å². The summed E-state index contributed by atoms with van der Waals surface area (Å²) in [6, 6.07) is 7.07. The van der Waals surface area contributed by atoms with Gasteiger partial charge in [-0.1, -0.05) is 12.1 Å². The third-order valence-corrected chi connectivity index (χ3v) is 4.58. The molecule has 0 saturated carbocycles. The van der Waals surface area contributed by atoms with Crippen molar-refractivity contribution < 1.29 is 14.6 Å². The molecule has 0 aliphatic carbocycles. The summed E-state index contributed by atoms with van der Waals surface area (Å²) in [7, 11) is 1.61. The van der Waals surface area contributed by atoms with Crippen LogP contribution in [0.5, 0.6) is 5.75 Å². The molecule has 2 heterocycles. The predicted molar refractivity (Wildman–Crippen MR) is 85.2 cm³/mol. The first-order valence-corrected chi connectivity index (χ1v) is 7.70. The minimum Gasteiger partial charge on any atom is -0.497 e. The highest BCUT2D eigenvalue weighted by Crippen LogP contribution is 2.36. The van der Waals surface area contributed by atoms with Crippen LogP contribution < -0.4 is 4.74 Å². The zero-order chi connectivity index (χ0) is 16.4. The Kier molecular flexibility index (Phi) is 4.09. The summed E-state index contributed by atoms with van der Waals surface area (Å²) in [4.78, 5) is 14.4. The Bertz CT molecular complexity index is 665. The molecule has 2 N–H and O–H groups in total. The number of nitrogens with zero attached hydrogens (tertiary/aromatic N) is 2. The number of rotatable bonds is 4. The first-order chi connectivity index (χ1) is 11.0. The molecule has 1 aromatic carbocycles. The molecule has 1 aliphatic heterocycles. The first kappa shape index (κ1) is 15.6. The van der Waals surface area contributed by atoms with Crippen LogP contribution in [0.2, 0.25) is 0 Å². The molecule has 1 saturated heterocycles. The van der Waals surface area contributed by atoms with E-state index < -0.39 is 5.60 Å². The molecular weight excluding hydrogens is 294 g/mol. The van der Waals surface area contributed by atoms with Crippen LogP contribution >= 0.6 is 0 Å². The summed E-state index contributed by atoms with van der Waals surface area (Å²) < 4.78 is 5.16. The molecule has 23 heavy (non-hydrogen) atoms. The van der Waals surface area contributed by atoms with E-state index in [0.717, 1.165) is 24.2 Å². The SMILES string of the molecule is COc1ccc([C@@](C)(O)[C@@H]2CCCN2C(=O)c2cn[nH]c2)cc1. The van der Waals surface area contributed by atoms with E-state index in [0.29, 0.717) is 12.1 Å². The van der Waals surface area contributed by atoms with E-state index in [1.165, 1.54) is 6.20 Å². The zero-order valence-electron chi connectivity index (χ0n) is 13.3. The van der Waals surface area contributed by atoms with Crippen molar-refractivity contribution in [2.75, 3.05) is 13.7 Å². The van der Waals surface area contributed by atoms with Gasteiger partial charge in [-0.2, -0.15) is 5.10 Å². The van der Waals surface area contributed by atoms with Crippen LogP contribution in [-0.2, 0) is 5.60 Å². The summed E-state index contributed by atoms with van der Waals surface area (Å²) in [5.41, 5.74) is 0.167. The quantitative estimate of drug-likeness (QED) is 0.903. The molecule has 122 valence electrons. The monoisotopic (exact) mass is 315 g/mol. The van der Waals surface area contributed by atoms with E-state index >= 15 is 0 Å². The zero-order valence-corrected chi connectivity index (χ0v) is 13.3. The Morgan fingerprint density at radius 1 is 1.43 bits per heavy atom. The van der Waals surface area contributed by atoms with Crippen LogP contribution in [-0.4, -0.2) is 45.8 Å². The van der Waals surface area contributed by atoms with E-state index in [2.05, 4.69) is 10.2 Å². The molecule has 2 aromatic rings. The number of aromatic nitrogens is 2. The number of likely N-dealkylation sites (tertiary alicyclic amines) is 1. The van der Waals surface area contributed by atoms with Gasteiger partial charge in [-0.05, 0) is 37.5 Å². The van der Waals surface area contributed by atoms with Gasteiger partial charge in [-0.15, -0.1) is 0 Å². The van der Waals surface area contributed by atoms with Gasteiger partial charge in [0.25, 0.3) is 5.91 Å². The number of carbonyl (C=O) groups is 1. The van der Waals surface area contributed by atoms with E-state index in [1.54, 1.807) is 25.1 Å². The lowest BCUT2D eigenvalue weighted by Gasteiger charge is -2.36. The Morgan fingerprint density at radius 2 is 2.17 bits per heavy atom. The number of amides is 1. The summed E-state index contributed by atoms with van der Waals surface area (Å²) in [5, 5.41) is 17.6. The molecule has 6 nitrogen and oxygen atoms in total. The summed E-state index contributed by atoms with van der Waals surface area (Å²) in [6.45, 7) is 2.40. The maximum absolute atomic E-state index is 12.6. The third kappa shape index (κ3) is 2.82. The normalized spacial score (nSPS) is 20.3. The maximum atomic E-state index is 12.6. The Labute approximate surface area is 135 Å². The topological polar surface area (TPSA) is 78.5 Å². The van der Waals surface area contributed by atoms with Crippen LogP contribution in [0.3, 0.4) is 0 Å². The number of nitrogens with one attached hydrogen (secondary N) is 1. The molecule has 0 spiro atoms. The van der Waals surface area contributed by atoms with Gasteiger partial charge in [0.05, 0.1) is 24.9 Å². The fourth-order valence-corrected chi connectivity index (χ4v) is 3.25. The molecule has 0 unspecified atom stereocenters. The van der Waals surface area contributed by atoms with E-state index in [4.69, 9.17) is 4.74 Å². The molecule has 2 atom stereocenters. The Balaban J connectivity index is 1.86. The lowest BCUT2D eigenvalue weighted by atomic mass is 9.86. The fourth-order valence-electron chi connectivity index (χ4n) is 3.25. The molecule has 1 aromatic heterocycles. The van der Waals surface area contributed by atoms with Gasteiger partial charge in [0.1, 0.15) is 11.4 Å². The van der Waals surface area contributed by atoms with Crippen LogP contribution in [0.1, 0.15) is 35.7 Å². The number of ether oxygens (including phenoxy) is 1. The molecule has 1 amide bonds. The van der Waals surface area contributed by atoms with Crippen molar-refractivity contribution in [3.05, 3.63) is 47.8 Å². The van der Waals surface area contributed by atoms with E-state index in [1.807, 2.05) is 24.3 Å². The van der Waals surface area contributed by atoms with Crippen LogP contribution in [0.4, 0.5) is 0 Å². The second-order valence-corrected chi connectivity index (χ2v) is 6.02. The number of hydrogen-bond donors (Lipinski definition) is 2. The van der Waals surface area contributed by atoms with Crippen LogP contribution in [0.15, 0.2) is 36.7 Å². The number of H-pyrrole nitrogens is 1. The van der Waals surface area contributed by atoms with Crippen molar-refractivity contribution in [2.45, 2.75) is 31.4 Å². The molecule has 6 heteroatoms. The van der Waals surface area contributed by atoms with Crippen molar-refractivity contribution in [3.8, 4) is 5.75 Å². The average Bonchev–Trinajstić information content (AvgIpc) is 3.25. The highest BCUT2D eigenvalue weighted by atomic mass is 16.5.